The third-order valence-electron chi connectivity index (χ3n) is 5.28. The first kappa shape index (κ1) is 23.9. The van der Waals surface area contributed by atoms with Crippen molar-refractivity contribution in [3.63, 3.8) is 0 Å². The van der Waals surface area contributed by atoms with Crippen LogP contribution in [-0.2, 0) is 9.53 Å². The minimum atomic E-state index is -1.02. The van der Waals surface area contributed by atoms with Crippen LogP contribution in [-0.4, -0.2) is 41.1 Å². The van der Waals surface area contributed by atoms with Crippen molar-refractivity contribution in [3.05, 3.63) is 23.8 Å². The first-order chi connectivity index (χ1) is 12.0. The van der Waals surface area contributed by atoms with Gasteiger partial charge in [-0.05, 0) is 31.3 Å². The van der Waals surface area contributed by atoms with Crippen LogP contribution in [0.3, 0.4) is 0 Å². The van der Waals surface area contributed by atoms with Crippen molar-refractivity contribution < 1.29 is 54.4 Å². The molecule has 0 amide bonds. The monoisotopic (exact) mass is 374 g/mol. The van der Waals surface area contributed by atoms with E-state index >= 15 is 0 Å². The molecule has 0 spiro atoms. The van der Waals surface area contributed by atoms with E-state index < -0.39 is 18.2 Å². The van der Waals surface area contributed by atoms with E-state index in [2.05, 4.69) is 13.0 Å². The molecule has 0 aromatic rings. The van der Waals surface area contributed by atoms with Crippen LogP contribution < -0.4 is 34.7 Å². The van der Waals surface area contributed by atoms with Gasteiger partial charge in [0.2, 0.25) is 0 Å². The molecule has 5 atom stereocenters. The first-order valence-electron chi connectivity index (χ1n) is 9.57. The molecule has 0 aromatic heterocycles. The Morgan fingerprint density at radius 1 is 1.38 bits per heavy atom. The number of aliphatic hydroxyl groups excluding tert-OH is 2. The molecule has 1 aliphatic carbocycles. The molecule has 1 saturated carbocycles. The van der Waals surface area contributed by atoms with E-state index in [4.69, 9.17) is 4.74 Å². The van der Waals surface area contributed by atoms with Gasteiger partial charge < -0.3 is 24.9 Å². The topological polar surface area (TPSA) is 89.8 Å². The van der Waals surface area contributed by atoms with Crippen LogP contribution in [0.2, 0.25) is 0 Å². The van der Waals surface area contributed by atoms with Crippen molar-refractivity contribution >= 4 is 5.97 Å². The van der Waals surface area contributed by atoms with Gasteiger partial charge in [-0.15, -0.1) is 0 Å². The van der Waals surface area contributed by atoms with E-state index in [-0.39, 0.29) is 53.9 Å². The summed E-state index contributed by atoms with van der Waals surface area (Å²) in [4.78, 5) is 10.5. The van der Waals surface area contributed by atoms with Gasteiger partial charge in [0, 0.05) is 24.2 Å². The average molecular weight is 374 g/mol. The molecule has 26 heavy (non-hydrogen) atoms. The SMILES string of the molecule is CCCCC[C@H](O)/C=C/[C@@H]1[C@H]2/C(=C/CCCC(=O)[O-])CO[C@H]2C[C@H]1O.[Na+]. The third kappa shape index (κ3) is 7.10. The number of hydrogen-bond donors (Lipinski definition) is 2. The molecule has 2 aliphatic rings. The Morgan fingerprint density at radius 3 is 2.85 bits per heavy atom. The zero-order chi connectivity index (χ0) is 18.2. The van der Waals surface area contributed by atoms with Gasteiger partial charge in [-0.3, -0.25) is 0 Å². The van der Waals surface area contributed by atoms with Gasteiger partial charge in [-0.2, -0.15) is 0 Å². The Kier molecular flexibility index (Phi) is 11.3. The van der Waals surface area contributed by atoms with Crippen LogP contribution >= 0.6 is 0 Å². The number of aliphatic hydroxyl groups is 2. The Bertz CT molecular complexity index is 491. The molecule has 1 heterocycles. The molecule has 2 N–H and O–H groups in total. The van der Waals surface area contributed by atoms with E-state index in [9.17, 15) is 20.1 Å². The molecule has 2 rings (SSSR count). The Labute approximate surface area is 178 Å². The molecular weight excluding hydrogens is 343 g/mol. The zero-order valence-corrected chi connectivity index (χ0v) is 18.1. The summed E-state index contributed by atoms with van der Waals surface area (Å²) in [6.07, 6.45) is 10.9. The molecule has 1 aliphatic heterocycles. The van der Waals surface area contributed by atoms with Gasteiger partial charge in [0.25, 0.3) is 0 Å². The van der Waals surface area contributed by atoms with E-state index in [1.807, 2.05) is 12.2 Å². The molecule has 0 aromatic carbocycles. The second-order valence-corrected chi connectivity index (χ2v) is 7.25. The summed E-state index contributed by atoms with van der Waals surface area (Å²) in [5, 5.41) is 30.9. The fourth-order valence-corrected chi connectivity index (χ4v) is 3.92. The normalized spacial score (nSPS) is 30.5. The summed E-state index contributed by atoms with van der Waals surface area (Å²) in [5.74, 6) is -0.925. The fraction of sp³-hybridized carbons (Fsp3) is 0.750. The summed E-state index contributed by atoms with van der Waals surface area (Å²) in [6, 6.07) is 0. The molecule has 5 nitrogen and oxygen atoms in total. The van der Waals surface area contributed by atoms with Crippen molar-refractivity contribution in [2.45, 2.75) is 76.6 Å². The largest absolute Gasteiger partial charge is 1.00 e. The second-order valence-electron chi connectivity index (χ2n) is 7.25. The maximum absolute atomic E-state index is 10.5. The predicted octanol–water partition coefficient (Wildman–Crippen LogP) is -1.27. The Hall–Kier alpha value is -0.170. The molecule has 0 radical (unpaired) electrons. The minimum Gasteiger partial charge on any atom is -0.550 e. The second kappa shape index (κ2) is 12.3. The van der Waals surface area contributed by atoms with Crippen molar-refractivity contribution in [1.82, 2.24) is 0 Å². The van der Waals surface area contributed by atoms with Crippen LogP contribution in [0.1, 0.15) is 58.3 Å². The zero-order valence-electron chi connectivity index (χ0n) is 16.1. The number of hydrogen-bond acceptors (Lipinski definition) is 5. The average Bonchev–Trinajstić information content (AvgIpc) is 3.08. The smallest absolute Gasteiger partial charge is 0.550 e. The van der Waals surface area contributed by atoms with Gasteiger partial charge in [0.1, 0.15) is 0 Å². The third-order valence-corrected chi connectivity index (χ3v) is 5.28. The molecule has 1 saturated heterocycles. The summed E-state index contributed by atoms with van der Waals surface area (Å²) >= 11 is 0. The molecule has 0 bridgehead atoms. The Morgan fingerprint density at radius 2 is 2.15 bits per heavy atom. The minimum absolute atomic E-state index is 0. The van der Waals surface area contributed by atoms with Crippen LogP contribution in [0.4, 0.5) is 0 Å². The van der Waals surface area contributed by atoms with Crippen molar-refractivity contribution in [2.24, 2.45) is 11.8 Å². The van der Waals surface area contributed by atoms with Gasteiger partial charge in [-0.25, -0.2) is 0 Å². The molecule has 142 valence electrons. The maximum atomic E-state index is 10.5. The quantitative estimate of drug-likeness (QED) is 0.283. The van der Waals surface area contributed by atoms with Crippen LogP contribution in [0.5, 0.6) is 0 Å². The van der Waals surface area contributed by atoms with Crippen LogP contribution in [0, 0.1) is 11.8 Å². The van der Waals surface area contributed by atoms with Crippen molar-refractivity contribution in [2.75, 3.05) is 6.61 Å². The predicted molar refractivity (Wildman–Crippen MR) is 93.6 cm³/mol. The summed E-state index contributed by atoms with van der Waals surface area (Å²) in [6.45, 7) is 2.69. The molecular formula is C20H31NaO5. The molecule has 2 fully saturated rings. The number of allylic oxidation sites excluding steroid dienone is 1. The van der Waals surface area contributed by atoms with Crippen molar-refractivity contribution in [3.8, 4) is 0 Å². The fourth-order valence-electron chi connectivity index (χ4n) is 3.92. The van der Waals surface area contributed by atoms with Crippen LogP contribution in [0.15, 0.2) is 23.8 Å². The number of carboxylic acids is 1. The number of ether oxygens (including phenoxy) is 1. The number of aliphatic carboxylic acids is 1. The molecule has 6 heteroatoms. The summed E-state index contributed by atoms with van der Waals surface area (Å²) in [7, 11) is 0. The number of unbranched alkanes of at least 4 members (excludes halogenated alkanes) is 3. The van der Waals surface area contributed by atoms with Gasteiger partial charge in [0.05, 0.1) is 24.9 Å². The number of carboxylic acid groups (broad SMARTS) is 1. The summed E-state index contributed by atoms with van der Waals surface area (Å²) in [5.41, 5.74) is 1.15. The van der Waals surface area contributed by atoms with Crippen LogP contribution in [0.25, 0.3) is 0 Å². The van der Waals surface area contributed by atoms with Gasteiger partial charge >= 0.3 is 29.6 Å². The van der Waals surface area contributed by atoms with E-state index in [1.165, 1.54) is 0 Å². The first-order valence-corrected chi connectivity index (χ1v) is 9.57. The number of fused-ring (bicyclic) bond motifs is 1. The maximum Gasteiger partial charge on any atom is 1.00 e. The number of carbonyl (C=O) groups excluding carboxylic acids is 1. The number of rotatable bonds is 10. The van der Waals surface area contributed by atoms with E-state index in [0.717, 1.165) is 31.3 Å². The van der Waals surface area contributed by atoms with Gasteiger partial charge in [0.15, 0.2) is 0 Å². The Balaban J connectivity index is 0.00000338. The van der Waals surface area contributed by atoms with Gasteiger partial charge in [-0.1, -0.05) is 44.4 Å². The van der Waals surface area contributed by atoms with Crippen molar-refractivity contribution in [1.29, 1.82) is 0 Å². The standard InChI is InChI=1S/C20H32O5.Na/c1-2-3-4-8-15(21)10-11-16-17(22)12-18-20(16)14(13-25-18)7-5-6-9-19(23)24;/h7,10-11,15-18,20-22H,2-6,8-9,12-13H2,1H3,(H,23,24);/q;+1/p-1/b11-10+,14-7+;/t15-,16-,17+,18-,20+;/m0./s1. The van der Waals surface area contributed by atoms with E-state index in [1.54, 1.807) is 0 Å². The number of carbonyl (C=O) groups is 1. The van der Waals surface area contributed by atoms with E-state index in [0.29, 0.717) is 25.9 Å². The summed E-state index contributed by atoms with van der Waals surface area (Å²) < 4.78 is 5.80. The molecule has 0 unspecified atom stereocenters.